The van der Waals surface area contributed by atoms with Gasteiger partial charge in [-0.1, -0.05) is 39.7 Å². The van der Waals surface area contributed by atoms with Gasteiger partial charge in [0, 0.05) is 15.6 Å². The van der Waals surface area contributed by atoms with Crippen LogP contribution in [0.3, 0.4) is 0 Å². The minimum Gasteiger partial charge on any atom is -0.493 e. The highest BCUT2D eigenvalue weighted by Crippen LogP contribution is 2.27. The third kappa shape index (κ3) is 7.06. The van der Waals surface area contributed by atoms with Crippen LogP contribution in [0.2, 0.25) is 5.02 Å². The first-order valence-electron chi connectivity index (χ1n) is 10.4. The van der Waals surface area contributed by atoms with E-state index in [1.54, 1.807) is 54.6 Å². The fourth-order valence-corrected chi connectivity index (χ4v) is 3.54. The molecule has 186 valence electrons. The Kier molecular flexibility index (Phi) is 9.43. The van der Waals surface area contributed by atoms with Gasteiger partial charge in [0.2, 0.25) is 0 Å². The lowest BCUT2D eigenvalue weighted by Gasteiger charge is -2.10. The predicted molar refractivity (Wildman–Crippen MR) is 138 cm³/mol. The van der Waals surface area contributed by atoms with Gasteiger partial charge in [0.25, 0.3) is 11.8 Å². The number of halogens is 2. The molecule has 3 rings (SSSR count). The van der Waals surface area contributed by atoms with E-state index in [1.807, 2.05) is 0 Å². The fraction of sp³-hybridized carbons (Fsp3) is 0.120. The Balaban J connectivity index is 1.60. The molecule has 0 spiro atoms. The molecular formula is C25H21BrClN3O6. The van der Waals surface area contributed by atoms with E-state index < -0.39 is 17.8 Å². The van der Waals surface area contributed by atoms with Crippen molar-refractivity contribution in [1.29, 1.82) is 0 Å². The van der Waals surface area contributed by atoms with E-state index in [0.29, 0.717) is 27.1 Å². The normalized spacial score (nSPS) is 10.6. The first-order valence-corrected chi connectivity index (χ1v) is 11.6. The minimum absolute atomic E-state index is 0.211. The number of ether oxygens (including phenoxy) is 3. The lowest BCUT2D eigenvalue weighted by Crippen LogP contribution is -2.34. The third-order valence-electron chi connectivity index (χ3n) is 4.72. The largest absolute Gasteiger partial charge is 0.493 e. The topological polar surface area (TPSA) is 115 Å². The summed E-state index contributed by atoms with van der Waals surface area (Å²) in [4.78, 5) is 37.0. The van der Waals surface area contributed by atoms with Crippen molar-refractivity contribution < 1.29 is 28.6 Å². The van der Waals surface area contributed by atoms with Crippen molar-refractivity contribution >= 4 is 51.5 Å². The number of nitrogens with zero attached hydrogens (tertiary/aromatic N) is 1. The Morgan fingerprint density at radius 1 is 0.972 bits per heavy atom. The van der Waals surface area contributed by atoms with Gasteiger partial charge in [0.05, 0.1) is 37.6 Å². The minimum atomic E-state index is -0.639. The maximum atomic E-state index is 12.5. The van der Waals surface area contributed by atoms with E-state index in [1.165, 1.54) is 26.5 Å². The smallest absolute Gasteiger partial charge is 0.345 e. The molecule has 0 atom stereocenters. The molecule has 2 amide bonds. The molecule has 0 aliphatic rings. The molecule has 9 nitrogen and oxygen atoms in total. The molecule has 0 heterocycles. The average Bonchev–Trinajstić information content (AvgIpc) is 2.88. The van der Waals surface area contributed by atoms with Crippen molar-refractivity contribution in [3.63, 3.8) is 0 Å². The number of nitrogens with one attached hydrogen (secondary N) is 2. The van der Waals surface area contributed by atoms with Crippen LogP contribution in [0, 0.1) is 0 Å². The first-order chi connectivity index (χ1) is 17.3. The predicted octanol–water partition coefficient (Wildman–Crippen LogP) is 4.22. The number of hydrazone groups is 1. The first kappa shape index (κ1) is 26.7. The molecule has 0 bridgehead atoms. The van der Waals surface area contributed by atoms with Crippen LogP contribution in [0.25, 0.3) is 0 Å². The number of rotatable bonds is 9. The molecule has 3 aromatic rings. The monoisotopic (exact) mass is 573 g/mol. The van der Waals surface area contributed by atoms with Gasteiger partial charge in [-0.15, -0.1) is 0 Å². The second-order valence-corrected chi connectivity index (χ2v) is 8.42. The van der Waals surface area contributed by atoms with Gasteiger partial charge in [-0.05, 0) is 48.5 Å². The van der Waals surface area contributed by atoms with Crippen molar-refractivity contribution in [3.8, 4) is 17.2 Å². The van der Waals surface area contributed by atoms with Crippen LogP contribution in [0.1, 0.15) is 26.3 Å². The van der Waals surface area contributed by atoms with Gasteiger partial charge in [0.15, 0.2) is 11.5 Å². The standard InChI is InChI=1S/C25H21BrClN3O6/c1-34-21-9-7-15(12-22(21)35-2)24(32)28-14-23(31)30-29-13-16-11-17(26)8-10-20(16)36-25(33)18-5-3-4-6-19(18)27/h3-13H,14H2,1-2H3,(H,28,32)(H,30,31)/b29-13+. The van der Waals surface area contributed by atoms with E-state index in [4.69, 9.17) is 25.8 Å². The summed E-state index contributed by atoms with van der Waals surface area (Å²) in [5.41, 5.74) is 3.24. The Morgan fingerprint density at radius 2 is 1.69 bits per heavy atom. The summed E-state index contributed by atoms with van der Waals surface area (Å²) in [6.07, 6.45) is 1.31. The highest BCUT2D eigenvalue weighted by atomic mass is 79.9. The molecule has 0 saturated heterocycles. The third-order valence-corrected chi connectivity index (χ3v) is 5.54. The second kappa shape index (κ2) is 12.7. The van der Waals surface area contributed by atoms with Gasteiger partial charge in [-0.3, -0.25) is 9.59 Å². The molecular weight excluding hydrogens is 554 g/mol. The number of methoxy groups -OCH3 is 2. The van der Waals surface area contributed by atoms with Gasteiger partial charge in [-0.2, -0.15) is 5.10 Å². The Morgan fingerprint density at radius 3 is 2.42 bits per heavy atom. The summed E-state index contributed by atoms with van der Waals surface area (Å²) >= 11 is 9.41. The Bertz CT molecular complexity index is 1310. The summed E-state index contributed by atoms with van der Waals surface area (Å²) < 4.78 is 16.5. The van der Waals surface area contributed by atoms with Gasteiger partial charge in [-0.25, -0.2) is 10.2 Å². The molecule has 36 heavy (non-hydrogen) atoms. The van der Waals surface area contributed by atoms with Crippen LogP contribution in [0.5, 0.6) is 17.2 Å². The van der Waals surface area contributed by atoms with Crippen LogP contribution in [-0.4, -0.2) is 44.8 Å². The van der Waals surface area contributed by atoms with Crippen LogP contribution in [-0.2, 0) is 4.79 Å². The quantitative estimate of drug-likeness (QED) is 0.171. The highest BCUT2D eigenvalue weighted by molar-refractivity contribution is 9.10. The molecule has 11 heteroatoms. The highest BCUT2D eigenvalue weighted by Gasteiger charge is 2.15. The zero-order valence-electron chi connectivity index (χ0n) is 19.2. The summed E-state index contributed by atoms with van der Waals surface area (Å²) in [7, 11) is 2.95. The maximum absolute atomic E-state index is 12.5. The van der Waals surface area contributed by atoms with Crippen LogP contribution < -0.4 is 25.0 Å². The van der Waals surface area contributed by atoms with E-state index in [-0.39, 0.29) is 22.9 Å². The number of amides is 2. The van der Waals surface area contributed by atoms with Crippen molar-refractivity contribution in [3.05, 3.63) is 86.8 Å². The molecule has 0 aliphatic heterocycles. The number of benzene rings is 3. The van der Waals surface area contributed by atoms with Crippen LogP contribution in [0.4, 0.5) is 0 Å². The summed E-state index contributed by atoms with van der Waals surface area (Å²) in [5, 5.41) is 6.65. The van der Waals surface area contributed by atoms with Crippen LogP contribution >= 0.6 is 27.5 Å². The lowest BCUT2D eigenvalue weighted by molar-refractivity contribution is -0.120. The molecule has 0 unspecified atom stereocenters. The van der Waals surface area contributed by atoms with Crippen molar-refractivity contribution in [2.24, 2.45) is 5.10 Å². The molecule has 0 aliphatic carbocycles. The van der Waals surface area contributed by atoms with Crippen molar-refractivity contribution in [2.75, 3.05) is 20.8 Å². The van der Waals surface area contributed by atoms with Crippen LogP contribution in [0.15, 0.2) is 70.2 Å². The summed E-state index contributed by atoms with van der Waals surface area (Å²) in [6, 6.07) is 16.1. The van der Waals surface area contributed by atoms with Gasteiger partial charge >= 0.3 is 5.97 Å². The number of esters is 1. The van der Waals surface area contributed by atoms with E-state index in [9.17, 15) is 14.4 Å². The summed E-state index contributed by atoms with van der Waals surface area (Å²) in [5.74, 6) is -0.604. The van der Waals surface area contributed by atoms with E-state index in [0.717, 1.165) is 0 Å². The molecule has 0 aromatic heterocycles. The van der Waals surface area contributed by atoms with Gasteiger partial charge in [0.1, 0.15) is 5.75 Å². The summed E-state index contributed by atoms with van der Waals surface area (Å²) in [6.45, 7) is -0.322. The average molecular weight is 575 g/mol. The molecule has 0 radical (unpaired) electrons. The van der Waals surface area contributed by atoms with Crippen molar-refractivity contribution in [1.82, 2.24) is 10.7 Å². The molecule has 0 fully saturated rings. The molecule has 0 saturated carbocycles. The number of hydrogen-bond donors (Lipinski definition) is 2. The Labute approximate surface area is 220 Å². The number of carbonyl (C=O) groups excluding carboxylic acids is 3. The van der Waals surface area contributed by atoms with E-state index >= 15 is 0 Å². The SMILES string of the molecule is COc1ccc(C(=O)NCC(=O)N/N=C/c2cc(Br)ccc2OC(=O)c2ccccc2Cl)cc1OC. The second-order valence-electron chi connectivity index (χ2n) is 7.10. The van der Waals surface area contributed by atoms with Crippen molar-refractivity contribution in [2.45, 2.75) is 0 Å². The molecule has 3 aromatic carbocycles. The Hall–Kier alpha value is -3.89. The fourth-order valence-electron chi connectivity index (χ4n) is 2.95. The maximum Gasteiger partial charge on any atom is 0.345 e. The molecule has 2 N–H and O–H groups in total. The number of hydrogen-bond acceptors (Lipinski definition) is 7. The van der Waals surface area contributed by atoms with Gasteiger partial charge < -0.3 is 19.5 Å². The zero-order valence-corrected chi connectivity index (χ0v) is 21.6. The number of carbonyl (C=O) groups is 3. The lowest BCUT2D eigenvalue weighted by atomic mass is 10.2. The zero-order chi connectivity index (χ0) is 26.1. The van der Waals surface area contributed by atoms with E-state index in [2.05, 4.69) is 31.8 Å².